The minimum Gasteiger partial charge on any atom is -0.497 e. The lowest BCUT2D eigenvalue weighted by Gasteiger charge is -2.15. The van der Waals surface area contributed by atoms with Crippen LogP contribution in [0.5, 0.6) is 5.75 Å². The molecule has 0 bridgehead atoms. The van der Waals surface area contributed by atoms with Crippen molar-refractivity contribution >= 4 is 11.9 Å². The predicted molar refractivity (Wildman–Crippen MR) is 85.9 cm³/mol. The molecule has 3 rings (SSSR count). The molecule has 0 saturated carbocycles. The summed E-state index contributed by atoms with van der Waals surface area (Å²) in [4.78, 5) is 27.9. The van der Waals surface area contributed by atoms with Crippen molar-refractivity contribution < 1.29 is 14.3 Å². The van der Waals surface area contributed by atoms with E-state index in [1.807, 2.05) is 54.6 Å². The van der Waals surface area contributed by atoms with E-state index in [0.29, 0.717) is 0 Å². The summed E-state index contributed by atoms with van der Waals surface area (Å²) in [6, 6.07) is 15.9. The highest BCUT2D eigenvalue weighted by molar-refractivity contribution is 6.04. The summed E-state index contributed by atoms with van der Waals surface area (Å²) < 4.78 is 5.12. The lowest BCUT2D eigenvalue weighted by atomic mass is 10.1. The first kappa shape index (κ1) is 15.1. The molecule has 0 aromatic heterocycles. The largest absolute Gasteiger partial charge is 0.497 e. The number of imide groups is 1. The van der Waals surface area contributed by atoms with Gasteiger partial charge in [-0.2, -0.15) is 0 Å². The fourth-order valence-corrected chi connectivity index (χ4v) is 2.77. The van der Waals surface area contributed by atoms with Gasteiger partial charge in [-0.25, -0.2) is 4.79 Å². The van der Waals surface area contributed by atoms with Crippen LogP contribution in [-0.2, 0) is 11.3 Å². The van der Waals surface area contributed by atoms with Gasteiger partial charge in [0.1, 0.15) is 11.8 Å². The number of hydrogen-bond acceptors (Lipinski definition) is 3. The van der Waals surface area contributed by atoms with Gasteiger partial charge in [-0.1, -0.05) is 42.5 Å². The lowest BCUT2D eigenvalue weighted by molar-refractivity contribution is -0.128. The van der Waals surface area contributed by atoms with Crippen molar-refractivity contribution in [3.8, 4) is 5.75 Å². The molecule has 1 aliphatic heterocycles. The predicted octanol–water partition coefficient (Wildman–Crippen LogP) is 2.83. The smallest absolute Gasteiger partial charge is 0.327 e. The Hall–Kier alpha value is -2.82. The van der Waals surface area contributed by atoms with Crippen molar-refractivity contribution in [3.05, 3.63) is 65.7 Å². The topological polar surface area (TPSA) is 49.9 Å². The lowest BCUT2D eigenvalue weighted by Crippen LogP contribution is -2.30. The van der Waals surface area contributed by atoms with Gasteiger partial charge in [0, 0.05) is 7.05 Å². The number of methoxy groups -OCH3 is 1. The highest BCUT2D eigenvalue weighted by atomic mass is 16.5. The normalized spacial score (nSPS) is 17.7. The van der Waals surface area contributed by atoms with E-state index < -0.39 is 6.04 Å². The van der Waals surface area contributed by atoms with Crippen LogP contribution in [-0.4, -0.2) is 35.9 Å². The van der Waals surface area contributed by atoms with Gasteiger partial charge in [-0.05, 0) is 23.3 Å². The van der Waals surface area contributed by atoms with Crippen LogP contribution >= 0.6 is 0 Å². The maximum Gasteiger partial charge on any atom is 0.327 e. The minimum absolute atomic E-state index is 0.195. The summed E-state index contributed by atoms with van der Waals surface area (Å²) in [5, 5.41) is 0. The van der Waals surface area contributed by atoms with E-state index in [0.717, 1.165) is 16.9 Å². The molecule has 1 unspecified atom stereocenters. The van der Waals surface area contributed by atoms with Crippen molar-refractivity contribution in [2.45, 2.75) is 12.6 Å². The highest BCUT2D eigenvalue weighted by Gasteiger charge is 2.43. The summed E-state index contributed by atoms with van der Waals surface area (Å²) in [6.45, 7) is 0.259. The van der Waals surface area contributed by atoms with Crippen molar-refractivity contribution in [1.29, 1.82) is 0 Å². The van der Waals surface area contributed by atoms with Crippen LogP contribution in [0.1, 0.15) is 17.2 Å². The molecule has 5 heteroatoms. The van der Waals surface area contributed by atoms with Gasteiger partial charge in [0.25, 0.3) is 5.91 Å². The molecule has 2 aromatic rings. The number of hydrogen-bond donors (Lipinski definition) is 0. The minimum atomic E-state index is -0.554. The molecule has 0 radical (unpaired) electrons. The van der Waals surface area contributed by atoms with Crippen LogP contribution < -0.4 is 4.74 Å². The molecule has 1 saturated heterocycles. The first-order chi connectivity index (χ1) is 11.1. The molecule has 118 valence electrons. The third-order valence-electron chi connectivity index (χ3n) is 4.03. The molecule has 1 fully saturated rings. The van der Waals surface area contributed by atoms with Gasteiger partial charge in [0.05, 0.1) is 13.7 Å². The molecule has 1 atom stereocenters. The Kier molecular flexibility index (Phi) is 4.02. The number of ether oxygens (including phenoxy) is 1. The van der Waals surface area contributed by atoms with Gasteiger partial charge in [0.15, 0.2) is 0 Å². The van der Waals surface area contributed by atoms with E-state index in [4.69, 9.17) is 4.74 Å². The van der Waals surface area contributed by atoms with Crippen molar-refractivity contribution in [1.82, 2.24) is 9.80 Å². The molecule has 5 nitrogen and oxygen atoms in total. The molecular weight excluding hydrogens is 292 g/mol. The molecule has 2 aromatic carbocycles. The number of nitrogens with zero attached hydrogens (tertiary/aromatic N) is 2. The van der Waals surface area contributed by atoms with E-state index in [-0.39, 0.29) is 18.5 Å². The molecule has 0 spiro atoms. The number of benzene rings is 2. The molecule has 23 heavy (non-hydrogen) atoms. The number of amides is 3. The zero-order valence-electron chi connectivity index (χ0n) is 13.1. The van der Waals surface area contributed by atoms with Crippen LogP contribution in [0.3, 0.4) is 0 Å². The number of urea groups is 1. The summed E-state index contributed by atoms with van der Waals surface area (Å²) >= 11 is 0. The third kappa shape index (κ3) is 2.77. The quantitative estimate of drug-likeness (QED) is 0.816. The Morgan fingerprint density at radius 2 is 1.65 bits per heavy atom. The number of rotatable bonds is 4. The monoisotopic (exact) mass is 310 g/mol. The molecule has 1 aliphatic rings. The first-order valence-corrected chi connectivity index (χ1v) is 7.38. The van der Waals surface area contributed by atoms with Gasteiger partial charge < -0.3 is 9.64 Å². The van der Waals surface area contributed by atoms with E-state index >= 15 is 0 Å². The van der Waals surface area contributed by atoms with Crippen LogP contribution in [0, 0.1) is 0 Å². The molecule has 0 N–H and O–H groups in total. The van der Waals surface area contributed by atoms with E-state index in [1.165, 1.54) is 9.80 Å². The summed E-state index contributed by atoms with van der Waals surface area (Å²) in [6.07, 6.45) is 0. The third-order valence-corrected chi connectivity index (χ3v) is 4.03. The SMILES string of the molecule is COc1ccc(CN2C(=O)C(c3ccccc3)N(C)C2=O)cc1. The Balaban J connectivity index is 1.83. The Morgan fingerprint density at radius 3 is 2.26 bits per heavy atom. The average molecular weight is 310 g/mol. The Morgan fingerprint density at radius 1 is 1.00 bits per heavy atom. The standard InChI is InChI=1S/C18H18N2O3/c1-19-16(14-6-4-3-5-7-14)17(21)20(18(19)22)12-13-8-10-15(23-2)11-9-13/h3-11,16H,12H2,1-2H3. The van der Waals surface area contributed by atoms with E-state index in [9.17, 15) is 9.59 Å². The number of carbonyl (C=O) groups is 2. The highest BCUT2D eigenvalue weighted by Crippen LogP contribution is 2.30. The number of likely N-dealkylation sites (N-methyl/N-ethyl adjacent to an activating group) is 1. The van der Waals surface area contributed by atoms with Crippen LogP contribution in [0.2, 0.25) is 0 Å². The van der Waals surface area contributed by atoms with Gasteiger partial charge in [-0.3, -0.25) is 9.69 Å². The summed E-state index contributed by atoms with van der Waals surface area (Å²) in [5.74, 6) is 0.548. The van der Waals surface area contributed by atoms with Gasteiger partial charge in [-0.15, -0.1) is 0 Å². The van der Waals surface area contributed by atoms with Crippen molar-refractivity contribution in [2.75, 3.05) is 14.2 Å². The van der Waals surface area contributed by atoms with Crippen molar-refractivity contribution in [3.63, 3.8) is 0 Å². The van der Waals surface area contributed by atoms with Crippen LogP contribution in [0.4, 0.5) is 4.79 Å². The maximum atomic E-state index is 12.7. The summed E-state index contributed by atoms with van der Waals surface area (Å²) in [5.41, 5.74) is 1.71. The molecule has 0 aliphatic carbocycles. The molecule has 3 amide bonds. The Labute approximate surface area is 135 Å². The fourth-order valence-electron chi connectivity index (χ4n) is 2.77. The average Bonchev–Trinajstić information content (AvgIpc) is 2.80. The van der Waals surface area contributed by atoms with E-state index in [1.54, 1.807) is 14.2 Å². The Bertz CT molecular complexity index is 713. The van der Waals surface area contributed by atoms with Crippen molar-refractivity contribution in [2.24, 2.45) is 0 Å². The molecular formula is C18H18N2O3. The second-order valence-corrected chi connectivity index (χ2v) is 5.48. The molecule has 1 heterocycles. The maximum absolute atomic E-state index is 12.7. The van der Waals surface area contributed by atoms with Gasteiger partial charge in [0.2, 0.25) is 0 Å². The number of carbonyl (C=O) groups excluding carboxylic acids is 2. The summed E-state index contributed by atoms with van der Waals surface area (Å²) in [7, 11) is 3.26. The second-order valence-electron chi connectivity index (χ2n) is 5.48. The van der Waals surface area contributed by atoms with Crippen LogP contribution in [0.25, 0.3) is 0 Å². The van der Waals surface area contributed by atoms with Gasteiger partial charge >= 0.3 is 6.03 Å². The zero-order chi connectivity index (χ0) is 16.4. The fraction of sp³-hybridized carbons (Fsp3) is 0.222. The van der Waals surface area contributed by atoms with E-state index in [2.05, 4.69) is 0 Å². The second kappa shape index (κ2) is 6.12. The van der Waals surface area contributed by atoms with Crippen LogP contribution in [0.15, 0.2) is 54.6 Å². The zero-order valence-corrected chi connectivity index (χ0v) is 13.1. The first-order valence-electron chi connectivity index (χ1n) is 7.38.